The normalized spacial score (nSPS) is 18.1. The molecule has 156 valence electrons. The van der Waals surface area contributed by atoms with Crippen molar-refractivity contribution in [1.82, 2.24) is 4.57 Å². The Balaban J connectivity index is 2.24. The van der Waals surface area contributed by atoms with Gasteiger partial charge in [-0.25, -0.2) is 9.59 Å². The molecule has 2 heterocycles. The predicted octanol–water partition coefficient (Wildman–Crippen LogP) is 3.51. The van der Waals surface area contributed by atoms with Gasteiger partial charge in [0.15, 0.2) is 0 Å². The lowest BCUT2D eigenvalue weighted by atomic mass is 9.84. The lowest BCUT2D eigenvalue weighted by molar-refractivity contribution is 0.00578. The lowest BCUT2D eigenvalue weighted by Crippen LogP contribution is -2.43. The molecule has 0 spiro atoms. The highest BCUT2D eigenvalue weighted by Crippen LogP contribution is 2.37. The Bertz CT molecular complexity index is 953. The van der Waals surface area contributed by atoms with Gasteiger partial charge in [0, 0.05) is 5.39 Å². The number of ether oxygens (including phenoxy) is 2. The van der Waals surface area contributed by atoms with Gasteiger partial charge in [0.05, 0.1) is 35.0 Å². The van der Waals surface area contributed by atoms with Crippen molar-refractivity contribution in [2.24, 2.45) is 0 Å². The third kappa shape index (κ3) is 3.79. The van der Waals surface area contributed by atoms with Crippen molar-refractivity contribution in [3.8, 4) is 0 Å². The van der Waals surface area contributed by atoms with E-state index in [1.165, 1.54) is 11.7 Å². The van der Waals surface area contributed by atoms with Crippen LogP contribution in [0.5, 0.6) is 0 Å². The number of rotatable bonds is 2. The number of para-hydroxylation sites is 1. The van der Waals surface area contributed by atoms with Gasteiger partial charge < -0.3 is 18.8 Å². The van der Waals surface area contributed by atoms with Crippen molar-refractivity contribution >= 4 is 35.7 Å². The van der Waals surface area contributed by atoms with Crippen LogP contribution in [0.2, 0.25) is 0 Å². The van der Waals surface area contributed by atoms with Gasteiger partial charge in [-0.3, -0.25) is 4.57 Å². The summed E-state index contributed by atoms with van der Waals surface area (Å²) < 4.78 is 24.2. The summed E-state index contributed by atoms with van der Waals surface area (Å²) in [7, 11) is 0.502. The van der Waals surface area contributed by atoms with Crippen LogP contribution in [-0.4, -0.2) is 47.7 Å². The number of aromatic nitrogens is 1. The third-order valence-electron chi connectivity index (χ3n) is 5.33. The molecule has 1 aliphatic rings. The van der Waals surface area contributed by atoms with Crippen LogP contribution >= 0.6 is 0 Å². The molecule has 0 saturated carbocycles. The molecular formula is C21H28BNO6. The van der Waals surface area contributed by atoms with Crippen LogP contribution in [0, 0.1) is 0 Å². The van der Waals surface area contributed by atoms with Crippen molar-refractivity contribution in [1.29, 1.82) is 0 Å². The molecule has 3 rings (SSSR count). The van der Waals surface area contributed by atoms with Crippen LogP contribution in [0.1, 0.15) is 58.8 Å². The smallest absolute Gasteiger partial charge is 0.465 e. The zero-order valence-electron chi connectivity index (χ0n) is 18.3. The number of carbonyl (C=O) groups is 2. The van der Waals surface area contributed by atoms with Crippen LogP contribution in [0.4, 0.5) is 4.79 Å². The monoisotopic (exact) mass is 401 g/mol. The van der Waals surface area contributed by atoms with Crippen molar-refractivity contribution < 1.29 is 28.4 Å². The van der Waals surface area contributed by atoms with E-state index in [1.807, 2.05) is 33.8 Å². The zero-order valence-corrected chi connectivity index (χ0v) is 18.3. The van der Waals surface area contributed by atoms with E-state index in [2.05, 4.69) is 0 Å². The third-order valence-corrected chi connectivity index (χ3v) is 5.33. The van der Waals surface area contributed by atoms with E-state index in [0.717, 1.165) is 0 Å². The van der Waals surface area contributed by atoms with Crippen LogP contribution in [-0.2, 0) is 18.8 Å². The molecule has 7 nitrogen and oxygen atoms in total. The fourth-order valence-corrected chi connectivity index (χ4v) is 3.20. The predicted molar refractivity (Wildman–Crippen MR) is 111 cm³/mol. The van der Waals surface area contributed by atoms with Crippen LogP contribution in [0.15, 0.2) is 24.3 Å². The van der Waals surface area contributed by atoms with E-state index in [-0.39, 0.29) is 5.56 Å². The topological polar surface area (TPSA) is 76.0 Å². The minimum Gasteiger partial charge on any atom is -0.465 e. The molecule has 29 heavy (non-hydrogen) atoms. The van der Waals surface area contributed by atoms with E-state index in [1.54, 1.807) is 39.0 Å². The fourth-order valence-electron chi connectivity index (χ4n) is 3.20. The molecule has 0 radical (unpaired) electrons. The molecule has 1 aromatic heterocycles. The van der Waals surface area contributed by atoms with E-state index < -0.39 is 36.0 Å². The second kappa shape index (κ2) is 6.88. The molecule has 1 saturated heterocycles. The largest absolute Gasteiger partial charge is 0.513 e. The SMILES string of the molecule is COC(=O)c1cccc2cc(B3OC(C)(C)C(C)(C)O3)n(C(=O)OC(C)(C)C)c12. The Morgan fingerprint density at radius 3 is 2.17 bits per heavy atom. The summed E-state index contributed by atoms with van der Waals surface area (Å²) in [4.78, 5) is 25.6. The number of benzene rings is 1. The molecule has 0 N–H and O–H groups in total. The number of carbonyl (C=O) groups excluding carboxylic acids is 2. The molecule has 0 atom stereocenters. The first-order valence-electron chi connectivity index (χ1n) is 9.59. The summed E-state index contributed by atoms with van der Waals surface area (Å²) in [6.07, 6.45) is -0.617. The number of esters is 1. The first kappa shape index (κ1) is 21.4. The maximum atomic E-state index is 13.2. The summed E-state index contributed by atoms with van der Waals surface area (Å²) in [5.74, 6) is -0.543. The van der Waals surface area contributed by atoms with Gasteiger partial charge in [0.1, 0.15) is 5.60 Å². The zero-order chi connectivity index (χ0) is 21.8. The molecule has 8 heteroatoms. The first-order valence-corrected chi connectivity index (χ1v) is 9.59. The molecular weight excluding hydrogens is 373 g/mol. The Morgan fingerprint density at radius 1 is 1.07 bits per heavy atom. The molecule has 0 aliphatic carbocycles. The van der Waals surface area contributed by atoms with E-state index >= 15 is 0 Å². The minimum atomic E-state index is -0.801. The standard InChI is InChI=1S/C21H28BNO6/c1-19(2,3)27-18(25)23-15(22-28-20(4,5)21(6,7)29-22)12-13-10-9-11-14(16(13)23)17(24)26-8/h9-12H,1-8H3. The van der Waals surface area contributed by atoms with Crippen molar-refractivity contribution in [2.45, 2.75) is 65.3 Å². The Kier molecular flexibility index (Phi) is 5.08. The lowest BCUT2D eigenvalue weighted by Gasteiger charge is -2.32. The van der Waals surface area contributed by atoms with Gasteiger partial charge in [-0.1, -0.05) is 12.1 Å². The van der Waals surface area contributed by atoms with E-state index in [0.29, 0.717) is 16.5 Å². The molecule has 1 aliphatic heterocycles. The number of fused-ring (bicyclic) bond motifs is 1. The molecule has 1 aromatic carbocycles. The number of hydrogen-bond acceptors (Lipinski definition) is 6. The summed E-state index contributed by atoms with van der Waals surface area (Å²) >= 11 is 0. The van der Waals surface area contributed by atoms with Crippen molar-refractivity contribution in [3.63, 3.8) is 0 Å². The Morgan fingerprint density at radius 2 is 1.66 bits per heavy atom. The average molecular weight is 401 g/mol. The maximum absolute atomic E-state index is 13.2. The van der Waals surface area contributed by atoms with E-state index in [9.17, 15) is 9.59 Å². The summed E-state index contributed by atoms with van der Waals surface area (Å²) in [5.41, 5.74) is -0.766. The van der Waals surface area contributed by atoms with Crippen LogP contribution in [0.3, 0.4) is 0 Å². The van der Waals surface area contributed by atoms with Gasteiger partial charge in [-0.05, 0) is 60.6 Å². The van der Waals surface area contributed by atoms with Gasteiger partial charge in [0.2, 0.25) is 0 Å². The highest BCUT2D eigenvalue weighted by molar-refractivity contribution is 6.62. The number of hydrogen-bond donors (Lipinski definition) is 0. The minimum absolute atomic E-state index is 0.263. The Hall–Kier alpha value is -2.32. The maximum Gasteiger partial charge on any atom is 0.513 e. The van der Waals surface area contributed by atoms with Gasteiger partial charge in [0.25, 0.3) is 0 Å². The van der Waals surface area contributed by atoms with E-state index in [4.69, 9.17) is 18.8 Å². The number of methoxy groups -OCH3 is 1. The molecule has 0 bridgehead atoms. The molecule has 2 aromatic rings. The first-order chi connectivity index (χ1) is 13.3. The number of nitrogens with zero attached hydrogens (tertiary/aromatic N) is 1. The van der Waals surface area contributed by atoms with Crippen LogP contribution in [0.25, 0.3) is 10.9 Å². The molecule has 0 amide bonds. The summed E-state index contributed by atoms with van der Waals surface area (Å²) in [6.45, 7) is 13.1. The van der Waals surface area contributed by atoms with Gasteiger partial charge >= 0.3 is 19.2 Å². The summed E-state index contributed by atoms with van der Waals surface area (Å²) in [6, 6.07) is 6.95. The highest BCUT2D eigenvalue weighted by atomic mass is 16.7. The highest BCUT2D eigenvalue weighted by Gasteiger charge is 2.53. The summed E-state index contributed by atoms with van der Waals surface area (Å²) in [5, 5.41) is 0.684. The quantitative estimate of drug-likeness (QED) is 0.566. The second-order valence-corrected chi connectivity index (χ2v) is 9.21. The van der Waals surface area contributed by atoms with Crippen molar-refractivity contribution in [3.05, 3.63) is 29.8 Å². The van der Waals surface area contributed by atoms with Crippen LogP contribution < -0.4 is 5.59 Å². The second-order valence-electron chi connectivity index (χ2n) is 9.21. The fraction of sp³-hybridized carbons (Fsp3) is 0.524. The van der Waals surface area contributed by atoms with Crippen molar-refractivity contribution in [2.75, 3.05) is 7.11 Å². The average Bonchev–Trinajstić information content (AvgIpc) is 3.07. The molecule has 0 unspecified atom stereocenters. The Labute approximate surface area is 171 Å². The molecule has 1 fully saturated rings. The van der Waals surface area contributed by atoms with Gasteiger partial charge in [-0.2, -0.15) is 0 Å². The van der Waals surface area contributed by atoms with Gasteiger partial charge in [-0.15, -0.1) is 0 Å².